The molecule has 1 heterocycles. The molecular weight excluding hydrogens is 306 g/mol. The summed E-state index contributed by atoms with van der Waals surface area (Å²) in [4.78, 5) is 2.36. The van der Waals surface area contributed by atoms with Crippen molar-refractivity contribution in [2.24, 2.45) is 0 Å². The number of rotatable bonds is 4. The van der Waals surface area contributed by atoms with Gasteiger partial charge in [-0.2, -0.15) is 0 Å². The zero-order valence-corrected chi connectivity index (χ0v) is 13.2. The average molecular weight is 328 g/mol. The fourth-order valence-electron chi connectivity index (χ4n) is 2.57. The molecule has 0 amide bonds. The van der Waals surface area contributed by atoms with Gasteiger partial charge in [0.05, 0.1) is 17.9 Å². The minimum absolute atomic E-state index is 0.335. The highest BCUT2D eigenvalue weighted by molar-refractivity contribution is 9.10. The van der Waals surface area contributed by atoms with E-state index in [-0.39, 0.29) is 0 Å². The first kappa shape index (κ1) is 14.8. The van der Waals surface area contributed by atoms with E-state index in [1.165, 1.54) is 5.69 Å². The molecule has 2 atom stereocenters. The van der Waals surface area contributed by atoms with E-state index in [0.29, 0.717) is 6.10 Å². The molecule has 0 bridgehead atoms. The second-order valence-electron chi connectivity index (χ2n) is 5.05. The normalized spacial score (nSPS) is 21.5. The number of nitrogens with zero attached hydrogens (tertiary/aromatic N) is 1. The van der Waals surface area contributed by atoms with Gasteiger partial charge in [-0.15, -0.1) is 0 Å². The molecule has 19 heavy (non-hydrogen) atoms. The summed E-state index contributed by atoms with van der Waals surface area (Å²) in [6, 6.07) is 6.08. The molecule has 0 aliphatic carbocycles. The SMILES string of the molecule is CCOC1CCCN(c2ccc([C@@H](C)O)cc2Br)C1. The first-order valence-corrected chi connectivity index (χ1v) is 7.75. The Labute approximate surface area is 123 Å². The standard InChI is InChI=1S/C15H22BrNO2/c1-3-19-13-5-4-8-17(10-13)15-7-6-12(11(2)18)9-14(15)16/h6-7,9,11,13,18H,3-5,8,10H2,1-2H3/t11-,13?/m1/s1. The summed E-state index contributed by atoms with van der Waals surface area (Å²) in [5.74, 6) is 0. The van der Waals surface area contributed by atoms with E-state index in [9.17, 15) is 5.11 Å². The Bertz CT molecular complexity index is 421. The van der Waals surface area contributed by atoms with E-state index in [1.807, 2.05) is 19.1 Å². The first-order chi connectivity index (χ1) is 9.11. The van der Waals surface area contributed by atoms with Crippen LogP contribution < -0.4 is 4.90 Å². The van der Waals surface area contributed by atoms with Gasteiger partial charge in [-0.25, -0.2) is 0 Å². The number of piperidine rings is 1. The number of anilines is 1. The maximum atomic E-state index is 9.61. The molecular formula is C15H22BrNO2. The van der Waals surface area contributed by atoms with Crippen molar-refractivity contribution in [1.82, 2.24) is 0 Å². The molecule has 0 radical (unpaired) electrons. The predicted octanol–water partition coefficient (Wildman–Crippen LogP) is 3.51. The highest BCUT2D eigenvalue weighted by Gasteiger charge is 2.21. The molecule has 1 saturated heterocycles. The number of hydrogen-bond donors (Lipinski definition) is 1. The van der Waals surface area contributed by atoms with Crippen molar-refractivity contribution < 1.29 is 9.84 Å². The number of halogens is 1. The fraction of sp³-hybridized carbons (Fsp3) is 0.600. The summed E-state index contributed by atoms with van der Waals surface area (Å²) in [6.07, 6.45) is 2.22. The van der Waals surface area contributed by atoms with Crippen LogP contribution >= 0.6 is 15.9 Å². The Morgan fingerprint density at radius 2 is 2.32 bits per heavy atom. The number of hydrogen-bond acceptors (Lipinski definition) is 3. The smallest absolute Gasteiger partial charge is 0.0762 e. The van der Waals surface area contributed by atoms with Crippen molar-refractivity contribution in [3.63, 3.8) is 0 Å². The van der Waals surface area contributed by atoms with Crippen LogP contribution in [-0.4, -0.2) is 30.9 Å². The monoisotopic (exact) mass is 327 g/mol. The first-order valence-electron chi connectivity index (χ1n) is 6.96. The number of aliphatic hydroxyl groups is 1. The van der Waals surface area contributed by atoms with Crippen molar-refractivity contribution in [3.8, 4) is 0 Å². The molecule has 3 nitrogen and oxygen atoms in total. The van der Waals surface area contributed by atoms with Crippen molar-refractivity contribution in [1.29, 1.82) is 0 Å². The molecule has 4 heteroatoms. The minimum Gasteiger partial charge on any atom is -0.389 e. The summed E-state index contributed by atoms with van der Waals surface area (Å²) in [5.41, 5.74) is 2.13. The van der Waals surface area contributed by atoms with Gasteiger partial charge in [0.1, 0.15) is 0 Å². The molecule has 1 aromatic rings. The lowest BCUT2D eigenvalue weighted by Gasteiger charge is -2.34. The van der Waals surface area contributed by atoms with Crippen LogP contribution in [0.2, 0.25) is 0 Å². The maximum absolute atomic E-state index is 9.61. The Hall–Kier alpha value is -0.580. The Morgan fingerprint density at radius 1 is 1.53 bits per heavy atom. The van der Waals surface area contributed by atoms with E-state index < -0.39 is 6.10 Å². The van der Waals surface area contributed by atoms with Gasteiger partial charge in [0, 0.05) is 24.2 Å². The second kappa shape index (κ2) is 6.73. The molecule has 1 unspecified atom stereocenters. The predicted molar refractivity (Wildman–Crippen MR) is 81.6 cm³/mol. The third-order valence-corrected chi connectivity index (χ3v) is 4.21. The largest absolute Gasteiger partial charge is 0.389 e. The molecule has 1 N–H and O–H groups in total. The number of aliphatic hydroxyl groups excluding tert-OH is 1. The highest BCUT2D eigenvalue weighted by atomic mass is 79.9. The zero-order chi connectivity index (χ0) is 13.8. The van der Waals surface area contributed by atoms with E-state index in [2.05, 4.69) is 26.9 Å². The van der Waals surface area contributed by atoms with Crippen LogP contribution in [-0.2, 0) is 4.74 Å². The van der Waals surface area contributed by atoms with Crippen LogP contribution in [0.15, 0.2) is 22.7 Å². The topological polar surface area (TPSA) is 32.7 Å². The number of ether oxygens (including phenoxy) is 1. The van der Waals surface area contributed by atoms with Gasteiger partial charge in [-0.3, -0.25) is 0 Å². The third-order valence-electron chi connectivity index (χ3n) is 3.58. The van der Waals surface area contributed by atoms with E-state index in [1.54, 1.807) is 6.92 Å². The van der Waals surface area contributed by atoms with Crippen molar-refractivity contribution >= 4 is 21.6 Å². The molecule has 2 rings (SSSR count). The van der Waals surface area contributed by atoms with Crippen molar-refractivity contribution in [2.45, 2.75) is 38.9 Å². The average Bonchev–Trinajstić information content (AvgIpc) is 2.39. The summed E-state index contributed by atoms with van der Waals surface area (Å²) in [6.45, 7) is 6.62. The zero-order valence-electron chi connectivity index (χ0n) is 11.6. The van der Waals surface area contributed by atoms with Crippen LogP contribution in [0.4, 0.5) is 5.69 Å². The quantitative estimate of drug-likeness (QED) is 0.918. The summed E-state index contributed by atoms with van der Waals surface area (Å²) < 4.78 is 6.78. The lowest BCUT2D eigenvalue weighted by molar-refractivity contribution is 0.0526. The van der Waals surface area contributed by atoms with Gasteiger partial charge in [-0.05, 0) is 60.3 Å². The minimum atomic E-state index is -0.428. The summed E-state index contributed by atoms with van der Waals surface area (Å²) in [5, 5.41) is 9.61. The Kier molecular flexibility index (Phi) is 5.25. The molecule has 106 valence electrons. The highest BCUT2D eigenvalue weighted by Crippen LogP contribution is 2.31. The van der Waals surface area contributed by atoms with Gasteiger partial charge in [0.25, 0.3) is 0 Å². The summed E-state index contributed by atoms with van der Waals surface area (Å²) in [7, 11) is 0. The molecule has 0 aromatic heterocycles. The molecule has 1 fully saturated rings. The molecule has 1 aromatic carbocycles. The van der Waals surface area contributed by atoms with E-state index >= 15 is 0 Å². The van der Waals surface area contributed by atoms with Crippen LogP contribution in [0.3, 0.4) is 0 Å². The second-order valence-corrected chi connectivity index (χ2v) is 5.91. The van der Waals surface area contributed by atoms with Crippen LogP contribution in [0.25, 0.3) is 0 Å². The number of benzene rings is 1. The van der Waals surface area contributed by atoms with Crippen LogP contribution in [0.1, 0.15) is 38.4 Å². The van der Waals surface area contributed by atoms with E-state index in [4.69, 9.17) is 4.74 Å². The third kappa shape index (κ3) is 3.71. The van der Waals surface area contributed by atoms with Crippen molar-refractivity contribution in [3.05, 3.63) is 28.2 Å². The molecule has 1 aliphatic rings. The van der Waals surface area contributed by atoms with Crippen LogP contribution in [0.5, 0.6) is 0 Å². The van der Waals surface area contributed by atoms with Gasteiger partial charge in [0.2, 0.25) is 0 Å². The molecule has 0 spiro atoms. The maximum Gasteiger partial charge on any atom is 0.0762 e. The van der Waals surface area contributed by atoms with E-state index in [0.717, 1.165) is 42.6 Å². The van der Waals surface area contributed by atoms with Gasteiger partial charge in [0.15, 0.2) is 0 Å². The Balaban J connectivity index is 2.12. The fourth-order valence-corrected chi connectivity index (χ4v) is 3.22. The lowest BCUT2D eigenvalue weighted by atomic mass is 10.1. The van der Waals surface area contributed by atoms with Gasteiger partial charge < -0.3 is 14.7 Å². The summed E-state index contributed by atoms with van der Waals surface area (Å²) >= 11 is 3.62. The van der Waals surface area contributed by atoms with Gasteiger partial charge >= 0.3 is 0 Å². The van der Waals surface area contributed by atoms with Gasteiger partial charge in [-0.1, -0.05) is 6.07 Å². The van der Waals surface area contributed by atoms with Crippen molar-refractivity contribution in [2.75, 3.05) is 24.6 Å². The Morgan fingerprint density at radius 3 is 2.95 bits per heavy atom. The van der Waals surface area contributed by atoms with Crippen LogP contribution in [0, 0.1) is 0 Å². The molecule has 0 saturated carbocycles. The lowest BCUT2D eigenvalue weighted by Crippen LogP contribution is -2.39. The molecule has 1 aliphatic heterocycles.